The van der Waals surface area contributed by atoms with Crippen molar-refractivity contribution < 1.29 is 14.6 Å². The van der Waals surface area contributed by atoms with Crippen LogP contribution < -0.4 is 10.1 Å². The number of aliphatic hydroxyl groups is 1. The van der Waals surface area contributed by atoms with Crippen LogP contribution in [0.3, 0.4) is 0 Å². The molecule has 1 aromatic rings. The summed E-state index contributed by atoms with van der Waals surface area (Å²) in [7, 11) is 0. The molecule has 0 radical (unpaired) electrons. The van der Waals surface area contributed by atoms with E-state index in [-0.39, 0.29) is 25.7 Å². The SMILES string of the molecule is C#CCNC(=O)COc1c(C)cc(CO)cc1C. The van der Waals surface area contributed by atoms with Gasteiger partial charge in [0.15, 0.2) is 6.61 Å². The van der Waals surface area contributed by atoms with Gasteiger partial charge in [-0.1, -0.05) is 18.1 Å². The van der Waals surface area contributed by atoms with Crippen LogP contribution >= 0.6 is 0 Å². The molecule has 0 aliphatic rings. The molecule has 0 fully saturated rings. The molecule has 1 amide bonds. The Morgan fingerprint density at radius 1 is 1.44 bits per heavy atom. The van der Waals surface area contributed by atoms with Crippen LogP contribution in [0, 0.1) is 26.2 Å². The highest BCUT2D eigenvalue weighted by Crippen LogP contribution is 2.24. The molecule has 0 heterocycles. The number of rotatable bonds is 5. The van der Waals surface area contributed by atoms with E-state index in [0.29, 0.717) is 5.75 Å². The standard InChI is InChI=1S/C14H17NO3/c1-4-5-15-13(17)9-18-14-10(2)6-12(8-16)7-11(14)3/h1,6-7,16H,5,8-9H2,2-3H3,(H,15,17). The van der Waals surface area contributed by atoms with Gasteiger partial charge in [0.25, 0.3) is 5.91 Å². The van der Waals surface area contributed by atoms with Gasteiger partial charge in [-0.2, -0.15) is 0 Å². The second kappa shape index (κ2) is 6.67. The molecular weight excluding hydrogens is 230 g/mol. The van der Waals surface area contributed by atoms with Crippen LogP contribution in [0.4, 0.5) is 0 Å². The monoisotopic (exact) mass is 247 g/mol. The highest BCUT2D eigenvalue weighted by atomic mass is 16.5. The van der Waals surface area contributed by atoms with Gasteiger partial charge in [-0.15, -0.1) is 6.42 Å². The van der Waals surface area contributed by atoms with Gasteiger partial charge in [0.2, 0.25) is 0 Å². The van der Waals surface area contributed by atoms with E-state index >= 15 is 0 Å². The molecule has 0 unspecified atom stereocenters. The fraction of sp³-hybridized carbons (Fsp3) is 0.357. The van der Waals surface area contributed by atoms with Crippen molar-refractivity contribution in [3.8, 4) is 18.1 Å². The molecular formula is C14H17NO3. The molecule has 0 bridgehead atoms. The minimum atomic E-state index is -0.252. The van der Waals surface area contributed by atoms with Gasteiger partial charge in [-0.05, 0) is 30.5 Å². The van der Waals surface area contributed by atoms with Crippen molar-refractivity contribution in [3.63, 3.8) is 0 Å². The number of nitrogens with one attached hydrogen (secondary N) is 1. The first-order chi connectivity index (χ1) is 8.58. The lowest BCUT2D eigenvalue weighted by atomic mass is 10.1. The zero-order chi connectivity index (χ0) is 13.5. The quantitative estimate of drug-likeness (QED) is 0.761. The van der Waals surface area contributed by atoms with Crippen LogP contribution in [0.15, 0.2) is 12.1 Å². The first-order valence-electron chi connectivity index (χ1n) is 5.62. The molecule has 18 heavy (non-hydrogen) atoms. The molecule has 1 aromatic carbocycles. The van der Waals surface area contributed by atoms with E-state index in [0.717, 1.165) is 16.7 Å². The number of terminal acetylenes is 1. The van der Waals surface area contributed by atoms with E-state index in [1.807, 2.05) is 26.0 Å². The van der Waals surface area contributed by atoms with Crippen LogP contribution in [0.2, 0.25) is 0 Å². The summed E-state index contributed by atoms with van der Waals surface area (Å²) >= 11 is 0. The highest BCUT2D eigenvalue weighted by molar-refractivity contribution is 5.77. The first-order valence-corrected chi connectivity index (χ1v) is 5.62. The van der Waals surface area contributed by atoms with E-state index in [4.69, 9.17) is 16.3 Å². The maximum Gasteiger partial charge on any atom is 0.258 e. The Hall–Kier alpha value is -1.99. The van der Waals surface area contributed by atoms with Gasteiger partial charge in [0, 0.05) is 0 Å². The fourth-order valence-corrected chi connectivity index (χ4v) is 1.70. The average molecular weight is 247 g/mol. The van der Waals surface area contributed by atoms with Crippen molar-refractivity contribution in [2.24, 2.45) is 0 Å². The van der Waals surface area contributed by atoms with Gasteiger partial charge >= 0.3 is 0 Å². The third-order valence-corrected chi connectivity index (χ3v) is 2.44. The maximum absolute atomic E-state index is 11.3. The summed E-state index contributed by atoms with van der Waals surface area (Å²) in [5.74, 6) is 2.74. The number of ether oxygens (including phenoxy) is 1. The van der Waals surface area contributed by atoms with Crippen LogP contribution in [0.5, 0.6) is 5.75 Å². The van der Waals surface area contributed by atoms with E-state index < -0.39 is 0 Å². The molecule has 0 saturated heterocycles. The van der Waals surface area contributed by atoms with E-state index in [2.05, 4.69) is 11.2 Å². The molecule has 4 nitrogen and oxygen atoms in total. The maximum atomic E-state index is 11.3. The zero-order valence-corrected chi connectivity index (χ0v) is 10.6. The second-order valence-corrected chi connectivity index (χ2v) is 3.99. The Labute approximate surface area is 107 Å². The van der Waals surface area contributed by atoms with Gasteiger partial charge in [-0.25, -0.2) is 0 Å². The molecule has 0 aliphatic heterocycles. The van der Waals surface area contributed by atoms with Crippen LogP contribution in [-0.4, -0.2) is 24.2 Å². The van der Waals surface area contributed by atoms with Gasteiger partial charge in [0.05, 0.1) is 13.2 Å². The Morgan fingerprint density at radius 3 is 2.56 bits per heavy atom. The Bertz CT molecular complexity index is 451. The summed E-state index contributed by atoms with van der Waals surface area (Å²) in [6, 6.07) is 3.67. The van der Waals surface area contributed by atoms with E-state index in [1.54, 1.807) is 0 Å². The van der Waals surface area contributed by atoms with Gasteiger partial charge in [0.1, 0.15) is 5.75 Å². The van der Waals surface area contributed by atoms with E-state index in [1.165, 1.54) is 0 Å². The Morgan fingerprint density at radius 2 is 2.06 bits per heavy atom. The predicted molar refractivity (Wildman–Crippen MR) is 69.2 cm³/mol. The van der Waals surface area contributed by atoms with Crippen molar-refractivity contribution >= 4 is 5.91 Å². The summed E-state index contributed by atoms with van der Waals surface area (Å²) in [6.07, 6.45) is 5.04. The summed E-state index contributed by atoms with van der Waals surface area (Å²) in [4.78, 5) is 11.3. The Balaban J connectivity index is 2.68. The van der Waals surface area contributed by atoms with Crippen molar-refractivity contribution in [2.75, 3.05) is 13.2 Å². The number of aryl methyl sites for hydroxylation is 2. The van der Waals surface area contributed by atoms with Crippen LogP contribution in [0.1, 0.15) is 16.7 Å². The number of carbonyl (C=O) groups excluding carboxylic acids is 1. The zero-order valence-electron chi connectivity index (χ0n) is 10.6. The molecule has 0 saturated carbocycles. The molecule has 96 valence electrons. The number of benzene rings is 1. The third-order valence-electron chi connectivity index (χ3n) is 2.44. The molecule has 0 aliphatic carbocycles. The minimum Gasteiger partial charge on any atom is -0.483 e. The predicted octanol–water partition coefficient (Wildman–Crippen LogP) is 0.924. The number of hydrogen-bond donors (Lipinski definition) is 2. The lowest BCUT2D eigenvalue weighted by Crippen LogP contribution is -2.29. The molecule has 0 atom stereocenters. The van der Waals surface area contributed by atoms with Crippen LogP contribution in [-0.2, 0) is 11.4 Å². The number of carbonyl (C=O) groups is 1. The summed E-state index contributed by atoms with van der Waals surface area (Å²) in [5, 5.41) is 11.6. The fourth-order valence-electron chi connectivity index (χ4n) is 1.70. The van der Waals surface area contributed by atoms with Crippen molar-refractivity contribution in [1.29, 1.82) is 0 Å². The number of aliphatic hydroxyl groups excluding tert-OH is 1. The molecule has 2 N–H and O–H groups in total. The molecule has 1 rings (SSSR count). The molecule has 0 aromatic heterocycles. The molecule has 0 spiro atoms. The third kappa shape index (κ3) is 3.79. The van der Waals surface area contributed by atoms with E-state index in [9.17, 15) is 4.79 Å². The summed E-state index contributed by atoms with van der Waals surface area (Å²) in [6.45, 7) is 3.87. The van der Waals surface area contributed by atoms with Crippen LogP contribution in [0.25, 0.3) is 0 Å². The summed E-state index contributed by atoms with van der Waals surface area (Å²) in [5.41, 5.74) is 2.61. The van der Waals surface area contributed by atoms with Gasteiger partial charge < -0.3 is 15.2 Å². The number of amides is 1. The smallest absolute Gasteiger partial charge is 0.258 e. The van der Waals surface area contributed by atoms with Crippen molar-refractivity contribution in [1.82, 2.24) is 5.32 Å². The average Bonchev–Trinajstić information content (AvgIpc) is 2.34. The highest BCUT2D eigenvalue weighted by Gasteiger charge is 2.08. The topological polar surface area (TPSA) is 58.6 Å². The first kappa shape index (κ1) is 14.1. The Kier molecular flexibility index (Phi) is 5.22. The number of hydrogen-bond acceptors (Lipinski definition) is 3. The van der Waals surface area contributed by atoms with Gasteiger partial charge in [-0.3, -0.25) is 4.79 Å². The minimum absolute atomic E-state index is 0.00931. The lowest BCUT2D eigenvalue weighted by molar-refractivity contribution is -0.122. The largest absolute Gasteiger partial charge is 0.483 e. The summed E-state index contributed by atoms with van der Waals surface area (Å²) < 4.78 is 5.46. The second-order valence-electron chi connectivity index (χ2n) is 3.99. The van der Waals surface area contributed by atoms with Crippen molar-refractivity contribution in [2.45, 2.75) is 20.5 Å². The lowest BCUT2D eigenvalue weighted by Gasteiger charge is -2.13. The van der Waals surface area contributed by atoms with Crippen molar-refractivity contribution in [3.05, 3.63) is 28.8 Å². The molecule has 4 heteroatoms. The normalized spacial score (nSPS) is 9.67.